The highest BCUT2D eigenvalue weighted by Crippen LogP contribution is 2.30. The summed E-state index contributed by atoms with van der Waals surface area (Å²) in [6, 6.07) is 5.15. The second-order valence-corrected chi connectivity index (χ2v) is 5.39. The molecule has 1 amide bonds. The van der Waals surface area contributed by atoms with Crippen molar-refractivity contribution in [3.05, 3.63) is 53.3 Å². The van der Waals surface area contributed by atoms with E-state index in [1.54, 1.807) is 14.0 Å². The molecule has 0 aliphatic rings. The number of amides is 1. The number of hydrogen-bond acceptors (Lipinski definition) is 3. The van der Waals surface area contributed by atoms with Crippen molar-refractivity contribution in [2.45, 2.75) is 31.7 Å². The van der Waals surface area contributed by atoms with Gasteiger partial charge in [0, 0.05) is 13.2 Å². The number of aliphatic hydroxyl groups is 1. The van der Waals surface area contributed by atoms with Crippen LogP contribution in [-0.2, 0) is 13.2 Å². The van der Waals surface area contributed by atoms with E-state index in [0.717, 1.165) is 12.1 Å². The lowest BCUT2D eigenvalue weighted by atomic mass is 9.99. The average molecular weight is 341 g/mol. The molecule has 0 aliphatic heterocycles. The summed E-state index contributed by atoms with van der Waals surface area (Å²) < 4.78 is 39.1. The van der Waals surface area contributed by atoms with Crippen LogP contribution in [0.4, 0.5) is 13.2 Å². The van der Waals surface area contributed by atoms with E-state index in [0.29, 0.717) is 17.7 Å². The van der Waals surface area contributed by atoms with Crippen LogP contribution in [0.1, 0.15) is 41.1 Å². The van der Waals surface area contributed by atoms with Gasteiger partial charge in [-0.3, -0.25) is 9.48 Å². The summed E-state index contributed by atoms with van der Waals surface area (Å²) in [5.41, 5.74) is -0.154. The molecule has 0 radical (unpaired) electrons. The van der Waals surface area contributed by atoms with E-state index in [1.165, 1.54) is 29.1 Å². The highest BCUT2D eigenvalue weighted by atomic mass is 19.4. The number of carbonyl (C=O) groups excluding carboxylic acids is 1. The Morgan fingerprint density at radius 1 is 1.29 bits per heavy atom. The molecule has 0 spiro atoms. The summed E-state index contributed by atoms with van der Waals surface area (Å²) in [4.78, 5) is 12.2. The Kier molecular flexibility index (Phi) is 5.28. The Labute approximate surface area is 137 Å². The van der Waals surface area contributed by atoms with Crippen LogP contribution in [0.5, 0.6) is 0 Å². The van der Waals surface area contributed by atoms with Crippen molar-refractivity contribution in [1.82, 2.24) is 15.1 Å². The van der Waals surface area contributed by atoms with Crippen LogP contribution in [0.25, 0.3) is 0 Å². The van der Waals surface area contributed by atoms with Crippen molar-refractivity contribution in [2.75, 3.05) is 0 Å². The zero-order valence-corrected chi connectivity index (χ0v) is 13.2. The van der Waals surface area contributed by atoms with Crippen LogP contribution in [-0.4, -0.2) is 26.8 Å². The lowest BCUT2D eigenvalue weighted by Crippen LogP contribution is -2.39. The monoisotopic (exact) mass is 341 g/mol. The number of benzene rings is 1. The fraction of sp³-hybridized carbons (Fsp3) is 0.375. The van der Waals surface area contributed by atoms with Crippen molar-refractivity contribution in [1.29, 1.82) is 0 Å². The number of hydrogen-bond donors (Lipinski definition) is 2. The van der Waals surface area contributed by atoms with E-state index in [-0.39, 0.29) is 0 Å². The lowest BCUT2D eigenvalue weighted by molar-refractivity contribution is -0.137. The fourth-order valence-electron chi connectivity index (χ4n) is 2.34. The zero-order chi connectivity index (χ0) is 17.9. The summed E-state index contributed by atoms with van der Waals surface area (Å²) >= 11 is 0. The molecule has 5 nitrogen and oxygen atoms in total. The third kappa shape index (κ3) is 3.94. The zero-order valence-electron chi connectivity index (χ0n) is 13.2. The molecular formula is C16H18F3N3O2. The third-order valence-electron chi connectivity index (χ3n) is 3.77. The van der Waals surface area contributed by atoms with Crippen molar-refractivity contribution in [2.24, 2.45) is 7.05 Å². The molecule has 8 heteroatoms. The number of aliphatic hydroxyl groups excluding tert-OH is 1. The maximum absolute atomic E-state index is 12.6. The first-order valence-electron chi connectivity index (χ1n) is 7.38. The van der Waals surface area contributed by atoms with E-state index in [1.807, 2.05) is 0 Å². The molecule has 1 aromatic carbocycles. The number of halogens is 3. The van der Waals surface area contributed by atoms with Gasteiger partial charge in [0.25, 0.3) is 5.91 Å². The number of carbonyl (C=O) groups is 1. The molecule has 0 bridgehead atoms. The summed E-state index contributed by atoms with van der Waals surface area (Å²) in [6.45, 7) is 1.77. The van der Waals surface area contributed by atoms with Crippen molar-refractivity contribution >= 4 is 5.91 Å². The van der Waals surface area contributed by atoms with Gasteiger partial charge >= 0.3 is 6.18 Å². The van der Waals surface area contributed by atoms with E-state index in [4.69, 9.17) is 0 Å². The Morgan fingerprint density at radius 3 is 2.38 bits per heavy atom. The number of aryl methyl sites for hydroxylation is 1. The SMILES string of the molecule is CCC(NC(=O)c1ccnn1C)C(O)c1ccc(C(F)(F)F)cc1. The Morgan fingerprint density at radius 2 is 1.92 bits per heavy atom. The van der Waals surface area contributed by atoms with Crippen LogP contribution in [0.2, 0.25) is 0 Å². The maximum atomic E-state index is 12.6. The fourth-order valence-corrected chi connectivity index (χ4v) is 2.34. The number of nitrogens with zero attached hydrogens (tertiary/aromatic N) is 2. The van der Waals surface area contributed by atoms with E-state index < -0.39 is 29.8 Å². The molecule has 0 saturated carbocycles. The van der Waals surface area contributed by atoms with Gasteiger partial charge < -0.3 is 10.4 Å². The summed E-state index contributed by atoms with van der Waals surface area (Å²) in [7, 11) is 1.61. The highest BCUT2D eigenvalue weighted by molar-refractivity contribution is 5.92. The van der Waals surface area contributed by atoms with E-state index >= 15 is 0 Å². The van der Waals surface area contributed by atoms with Crippen LogP contribution in [0.3, 0.4) is 0 Å². The van der Waals surface area contributed by atoms with Gasteiger partial charge in [0.05, 0.1) is 17.7 Å². The molecule has 0 aliphatic carbocycles. The minimum Gasteiger partial charge on any atom is -0.386 e. The highest BCUT2D eigenvalue weighted by Gasteiger charge is 2.31. The standard InChI is InChI=1S/C16H18F3N3O2/c1-3-12(21-15(24)13-8-9-20-22(13)2)14(23)10-4-6-11(7-5-10)16(17,18)19/h4-9,12,14,23H,3H2,1-2H3,(H,21,24). The average Bonchev–Trinajstić information content (AvgIpc) is 2.97. The van der Waals surface area contributed by atoms with Gasteiger partial charge in [0.1, 0.15) is 5.69 Å². The van der Waals surface area contributed by atoms with Crippen LogP contribution in [0, 0.1) is 0 Å². The molecule has 130 valence electrons. The quantitative estimate of drug-likeness (QED) is 0.879. The van der Waals surface area contributed by atoms with Crippen molar-refractivity contribution in [3.63, 3.8) is 0 Å². The molecule has 0 saturated heterocycles. The number of rotatable bonds is 5. The normalized spacial score (nSPS) is 14.2. The molecule has 24 heavy (non-hydrogen) atoms. The van der Waals surface area contributed by atoms with Crippen LogP contribution < -0.4 is 5.32 Å². The smallest absolute Gasteiger partial charge is 0.386 e. The first kappa shape index (κ1) is 18.0. The second-order valence-electron chi connectivity index (χ2n) is 5.39. The molecule has 2 N–H and O–H groups in total. The minimum absolute atomic E-state index is 0.306. The topological polar surface area (TPSA) is 67.2 Å². The molecule has 1 aromatic heterocycles. The number of aromatic nitrogens is 2. The minimum atomic E-state index is -4.43. The first-order chi connectivity index (χ1) is 11.2. The van der Waals surface area contributed by atoms with Crippen molar-refractivity contribution < 1.29 is 23.1 Å². The third-order valence-corrected chi connectivity index (χ3v) is 3.77. The van der Waals surface area contributed by atoms with Gasteiger partial charge in [-0.05, 0) is 30.2 Å². The Balaban J connectivity index is 2.12. The second kappa shape index (κ2) is 7.04. The van der Waals surface area contributed by atoms with Gasteiger partial charge in [-0.15, -0.1) is 0 Å². The van der Waals surface area contributed by atoms with Gasteiger partial charge in [0.15, 0.2) is 0 Å². The van der Waals surface area contributed by atoms with Gasteiger partial charge in [-0.1, -0.05) is 19.1 Å². The van der Waals surface area contributed by atoms with Gasteiger partial charge in [0.2, 0.25) is 0 Å². The lowest BCUT2D eigenvalue weighted by Gasteiger charge is -2.23. The van der Waals surface area contributed by atoms with Gasteiger partial charge in [-0.2, -0.15) is 18.3 Å². The predicted molar refractivity (Wildman–Crippen MR) is 81.2 cm³/mol. The van der Waals surface area contributed by atoms with Gasteiger partial charge in [-0.25, -0.2) is 0 Å². The Bertz CT molecular complexity index is 695. The predicted octanol–water partition coefficient (Wildman–Crippen LogP) is 2.68. The van der Waals surface area contributed by atoms with Crippen molar-refractivity contribution in [3.8, 4) is 0 Å². The molecule has 2 atom stereocenters. The maximum Gasteiger partial charge on any atom is 0.416 e. The van der Waals surface area contributed by atoms with E-state index in [2.05, 4.69) is 10.4 Å². The molecule has 2 rings (SSSR count). The largest absolute Gasteiger partial charge is 0.416 e. The summed E-state index contributed by atoms with van der Waals surface area (Å²) in [5.74, 6) is -0.409. The van der Waals surface area contributed by atoms with Crippen LogP contribution in [0.15, 0.2) is 36.5 Å². The molecule has 2 aromatic rings. The van der Waals surface area contributed by atoms with E-state index in [9.17, 15) is 23.1 Å². The number of nitrogens with one attached hydrogen (secondary N) is 1. The molecule has 2 unspecified atom stereocenters. The Hall–Kier alpha value is -2.35. The summed E-state index contributed by atoms with van der Waals surface area (Å²) in [6.07, 6.45) is -3.66. The molecular weight excluding hydrogens is 323 g/mol. The first-order valence-corrected chi connectivity index (χ1v) is 7.38. The molecule has 1 heterocycles. The number of alkyl halides is 3. The van der Waals surface area contributed by atoms with Crippen LogP contribution >= 0.6 is 0 Å². The summed E-state index contributed by atoms with van der Waals surface area (Å²) in [5, 5.41) is 16.9. The molecule has 0 fully saturated rings.